The summed E-state index contributed by atoms with van der Waals surface area (Å²) in [7, 11) is 0. The van der Waals surface area contributed by atoms with Gasteiger partial charge < -0.3 is 4.42 Å². The molecule has 0 aliphatic rings. The summed E-state index contributed by atoms with van der Waals surface area (Å²) in [6.45, 7) is 1.99. The maximum atomic E-state index is 8.56. The van der Waals surface area contributed by atoms with Gasteiger partial charge in [-0.1, -0.05) is 12.1 Å². The molecule has 1 heterocycles. The molecule has 0 unspecified atom stereocenters. The number of benzene rings is 1. The molecule has 2 heteroatoms. The molecule has 0 saturated heterocycles. The minimum absolute atomic E-state index is 0.371. The van der Waals surface area contributed by atoms with Crippen molar-refractivity contribution in [2.75, 3.05) is 0 Å². The van der Waals surface area contributed by atoms with Crippen molar-refractivity contribution in [1.29, 1.82) is 5.26 Å². The molecule has 58 valence electrons. The summed E-state index contributed by atoms with van der Waals surface area (Å²) in [5.41, 5.74) is 1.92. The Kier molecular flexibility index (Phi) is 1.38. The highest BCUT2D eigenvalue weighted by molar-refractivity contribution is 5.79. The van der Waals surface area contributed by atoms with Crippen molar-refractivity contribution < 1.29 is 4.42 Å². The van der Waals surface area contributed by atoms with Crippen LogP contribution in [0.15, 0.2) is 28.7 Å². The van der Waals surface area contributed by atoms with Gasteiger partial charge in [0.2, 0.25) is 5.76 Å². The van der Waals surface area contributed by atoms with Crippen LogP contribution in [0, 0.1) is 18.3 Å². The molecular formula is C10H7NO. The first-order valence-corrected chi connectivity index (χ1v) is 3.70. The number of nitrogens with zero attached hydrogens (tertiary/aromatic N) is 1. The smallest absolute Gasteiger partial charge is 0.204 e. The predicted octanol–water partition coefficient (Wildman–Crippen LogP) is 2.61. The third kappa shape index (κ3) is 0.960. The van der Waals surface area contributed by atoms with Crippen LogP contribution in [0.1, 0.15) is 11.3 Å². The van der Waals surface area contributed by atoms with Crippen molar-refractivity contribution in [2.24, 2.45) is 0 Å². The fourth-order valence-corrected chi connectivity index (χ4v) is 1.19. The maximum Gasteiger partial charge on any atom is 0.204 e. The standard InChI is InChI=1S/C10H7NO/c1-7-2-3-8-5-9(6-11)12-10(8)4-7/h2-5H,1H3. The predicted molar refractivity (Wildman–Crippen MR) is 45.7 cm³/mol. The number of hydrogen-bond acceptors (Lipinski definition) is 2. The highest BCUT2D eigenvalue weighted by atomic mass is 16.3. The van der Waals surface area contributed by atoms with Gasteiger partial charge in [0.15, 0.2) is 0 Å². The summed E-state index contributed by atoms with van der Waals surface area (Å²) in [6.07, 6.45) is 0. The Bertz CT molecular complexity index is 462. The van der Waals surface area contributed by atoms with Crippen LogP contribution >= 0.6 is 0 Å². The molecule has 2 rings (SSSR count). The molecule has 0 radical (unpaired) electrons. The second-order valence-electron chi connectivity index (χ2n) is 2.76. The molecule has 0 aliphatic carbocycles. The Balaban J connectivity index is 2.77. The molecule has 2 nitrogen and oxygen atoms in total. The Labute approximate surface area is 70.0 Å². The summed E-state index contributed by atoms with van der Waals surface area (Å²) in [5.74, 6) is 0.371. The first-order chi connectivity index (χ1) is 5.79. The molecule has 0 fully saturated rings. The third-order valence-corrected chi connectivity index (χ3v) is 1.79. The molecule has 0 atom stereocenters. The van der Waals surface area contributed by atoms with Gasteiger partial charge in [-0.15, -0.1) is 0 Å². The Hall–Kier alpha value is -1.75. The zero-order valence-electron chi connectivity index (χ0n) is 6.66. The number of rotatable bonds is 0. The second kappa shape index (κ2) is 2.38. The lowest BCUT2D eigenvalue weighted by molar-refractivity contribution is 0.599. The van der Waals surface area contributed by atoms with Gasteiger partial charge >= 0.3 is 0 Å². The third-order valence-electron chi connectivity index (χ3n) is 1.79. The highest BCUT2D eigenvalue weighted by Gasteiger charge is 2.01. The molecule has 1 aromatic carbocycles. The molecule has 12 heavy (non-hydrogen) atoms. The number of aryl methyl sites for hydroxylation is 1. The van der Waals surface area contributed by atoms with Gasteiger partial charge in [0.05, 0.1) is 0 Å². The van der Waals surface area contributed by atoms with Gasteiger partial charge in [-0.3, -0.25) is 0 Å². The molecule has 0 aliphatic heterocycles. The zero-order chi connectivity index (χ0) is 8.55. The van der Waals surface area contributed by atoms with E-state index < -0.39 is 0 Å². The minimum atomic E-state index is 0.371. The first-order valence-electron chi connectivity index (χ1n) is 3.70. The monoisotopic (exact) mass is 157 g/mol. The lowest BCUT2D eigenvalue weighted by atomic mass is 10.2. The van der Waals surface area contributed by atoms with E-state index in [2.05, 4.69) is 0 Å². The lowest BCUT2D eigenvalue weighted by Crippen LogP contribution is -1.67. The van der Waals surface area contributed by atoms with Gasteiger partial charge in [-0.2, -0.15) is 5.26 Å². The average Bonchev–Trinajstić information content (AvgIpc) is 2.46. The summed E-state index contributed by atoms with van der Waals surface area (Å²) in [6, 6.07) is 9.59. The fraction of sp³-hybridized carbons (Fsp3) is 0.100. The molecule has 2 aromatic rings. The van der Waals surface area contributed by atoms with Crippen LogP contribution in [0.25, 0.3) is 11.0 Å². The van der Waals surface area contributed by atoms with Crippen LogP contribution < -0.4 is 0 Å². The molecule has 0 spiro atoms. The maximum absolute atomic E-state index is 8.56. The SMILES string of the molecule is Cc1ccc2cc(C#N)oc2c1. The van der Waals surface area contributed by atoms with E-state index in [0.717, 1.165) is 16.5 Å². The van der Waals surface area contributed by atoms with E-state index in [1.165, 1.54) is 0 Å². The van der Waals surface area contributed by atoms with E-state index in [1.807, 2.05) is 31.2 Å². The van der Waals surface area contributed by atoms with Crippen LogP contribution in [-0.2, 0) is 0 Å². The fourth-order valence-electron chi connectivity index (χ4n) is 1.19. The van der Waals surface area contributed by atoms with Gasteiger partial charge in [-0.25, -0.2) is 0 Å². The summed E-state index contributed by atoms with van der Waals surface area (Å²) < 4.78 is 5.24. The molecule has 0 amide bonds. The molecule has 0 saturated carbocycles. The van der Waals surface area contributed by atoms with Crippen LogP contribution in [0.4, 0.5) is 0 Å². The Morgan fingerprint density at radius 1 is 1.33 bits per heavy atom. The Morgan fingerprint density at radius 2 is 2.17 bits per heavy atom. The number of furan rings is 1. The van der Waals surface area contributed by atoms with E-state index >= 15 is 0 Å². The highest BCUT2D eigenvalue weighted by Crippen LogP contribution is 2.19. The van der Waals surface area contributed by atoms with E-state index in [1.54, 1.807) is 6.07 Å². The van der Waals surface area contributed by atoms with Crippen LogP contribution in [0.2, 0.25) is 0 Å². The summed E-state index contributed by atoms with van der Waals surface area (Å²) in [4.78, 5) is 0. The number of hydrogen-bond donors (Lipinski definition) is 0. The van der Waals surface area contributed by atoms with E-state index in [0.29, 0.717) is 5.76 Å². The van der Waals surface area contributed by atoms with Gasteiger partial charge in [0.1, 0.15) is 11.7 Å². The van der Waals surface area contributed by atoms with Gasteiger partial charge in [-0.05, 0) is 18.6 Å². The minimum Gasteiger partial charge on any atom is -0.446 e. The topological polar surface area (TPSA) is 36.9 Å². The van der Waals surface area contributed by atoms with E-state index in [-0.39, 0.29) is 0 Å². The van der Waals surface area contributed by atoms with Crippen molar-refractivity contribution >= 4 is 11.0 Å². The van der Waals surface area contributed by atoms with E-state index in [9.17, 15) is 0 Å². The van der Waals surface area contributed by atoms with Crippen molar-refractivity contribution in [3.63, 3.8) is 0 Å². The molecule has 1 aromatic heterocycles. The van der Waals surface area contributed by atoms with Crippen LogP contribution in [0.5, 0.6) is 0 Å². The van der Waals surface area contributed by atoms with Crippen molar-refractivity contribution in [1.82, 2.24) is 0 Å². The van der Waals surface area contributed by atoms with Gasteiger partial charge in [0.25, 0.3) is 0 Å². The van der Waals surface area contributed by atoms with E-state index in [4.69, 9.17) is 9.68 Å². The molecule has 0 N–H and O–H groups in total. The largest absolute Gasteiger partial charge is 0.446 e. The van der Waals surface area contributed by atoms with Crippen molar-refractivity contribution in [2.45, 2.75) is 6.92 Å². The first kappa shape index (κ1) is 6.93. The molecular weight excluding hydrogens is 150 g/mol. The summed E-state index contributed by atoms with van der Waals surface area (Å²) >= 11 is 0. The summed E-state index contributed by atoms with van der Waals surface area (Å²) in [5, 5.41) is 9.55. The van der Waals surface area contributed by atoms with Crippen molar-refractivity contribution in [3.8, 4) is 6.07 Å². The number of nitriles is 1. The van der Waals surface area contributed by atoms with Crippen LogP contribution in [0.3, 0.4) is 0 Å². The van der Waals surface area contributed by atoms with Crippen LogP contribution in [-0.4, -0.2) is 0 Å². The van der Waals surface area contributed by atoms with Gasteiger partial charge in [0, 0.05) is 11.5 Å². The lowest BCUT2D eigenvalue weighted by Gasteiger charge is -1.89. The normalized spacial score (nSPS) is 10.0. The number of fused-ring (bicyclic) bond motifs is 1. The average molecular weight is 157 g/mol. The quantitative estimate of drug-likeness (QED) is 0.589. The molecule has 0 bridgehead atoms. The zero-order valence-corrected chi connectivity index (χ0v) is 6.66. The Morgan fingerprint density at radius 3 is 2.92 bits per heavy atom. The van der Waals surface area contributed by atoms with Crippen molar-refractivity contribution in [3.05, 3.63) is 35.6 Å². The second-order valence-corrected chi connectivity index (χ2v) is 2.76.